The molecule has 2 rings (SSSR count). The van der Waals surface area contributed by atoms with E-state index in [-0.39, 0.29) is 16.8 Å². The summed E-state index contributed by atoms with van der Waals surface area (Å²) in [5.74, 6) is -1.16. The van der Waals surface area contributed by atoms with Crippen molar-refractivity contribution in [3.8, 4) is 0 Å². The highest BCUT2D eigenvalue weighted by atomic mass is 16.4. The molecule has 1 heterocycles. The summed E-state index contributed by atoms with van der Waals surface area (Å²) < 4.78 is 0. The number of carbonyl (C=O) groups is 2. The largest absolute Gasteiger partial charge is 0.476 e. The quantitative estimate of drug-likeness (QED) is 0.758. The average molecular weight is 263 g/mol. The van der Waals surface area contributed by atoms with Crippen molar-refractivity contribution in [2.24, 2.45) is 5.41 Å². The van der Waals surface area contributed by atoms with Crippen molar-refractivity contribution in [2.75, 3.05) is 11.9 Å². The van der Waals surface area contributed by atoms with Crippen LogP contribution in [0.3, 0.4) is 0 Å². The lowest BCUT2D eigenvalue weighted by atomic mass is 10.0. The van der Waals surface area contributed by atoms with Crippen molar-refractivity contribution in [1.29, 1.82) is 0 Å². The second kappa shape index (κ2) is 5.26. The molecule has 0 aromatic carbocycles. The van der Waals surface area contributed by atoms with E-state index >= 15 is 0 Å². The molecule has 0 aliphatic heterocycles. The summed E-state index contributed by atoms with van der Waals surface area (Å²) in [4.78, 5) is 26.4. The Morgan fingerprint density at radius 2 is 2.21 bits per heavy atom. The number of hydrogen-bond donors (Lipinski definition) is 3. The number of hydrogen-bond acceptors (Lipinski definition) is 3. The van der Waals surface area contributed by atoms with E-state index < -0.39 is 12.0 Å². The zero-order chi connectivity index (χ0) is 13.9. The first-order chi connectivity index (χ1) is 9.06. The van der Waals surface area contributed by atoms with Crippen molar-refractivity contribution in [3.63, 3.8) is 0 Å². The molecule has 1 aliphatic rings. The average Bonchev–Trinajstić information content (AvgIpc) is 3.17. The number of amides is 2. The third kappa shape index (κ3) is 3.21. The molecule has 1 aromatic heterocycles. The molecule has 1 aromatic rings. The number of aromatic nitrogens is 1. The molecule has 0 unspecified atom stereocenters. The van der Waals surface area contributed by atoms with Gasteiger partial charge in [-0.2, -0.15) is 0 Å². The molecule has 6 heteroatoms. The molecule has 0 radical (unpaired) electrons. The molecular weight excluding hydrogens is 246 g/mol. The Labute approximate surface area is 111 Å². The van der Waals surface area contributed by atoms with Crippen LogP contribution in [0.5, 0.6) is 0 Å². The van der Waals surface area contributed by atoms with Crippen LogP contribution in [0.1, 0.15) is 36.7 Å². The summed E-state index contributed by atoms with van der Waals surface area (Å²) in [6, 6.07) is 2.70. The van der Waals surface area contributed by atoms with Gasteiger partial charge in [-0.3, -0.25) is 0 Å². The Hall–Kier alpha value is -2.11. The van der Waals surface area contributed by atoms with Crippen LogP contribution in [-0.2, 0) is 0 Å². The number of carboxylic acid groups (broad SMARTS) is 1. The van der Waals surface area contributed by atoms with Gasteiger partial charge in [0.05, 0.1) is 5.69 Å². The standard InChI is InChI=1S/C13H17N3O3/c1-2-13(5-6-13)8-15-12(19)16-9-4-3-7-14-10(9)11(17)18/h3-4,7H,2,5-6,8H2,1H3,(H,17,18)(H2,15,16,19). The SMILES string of the molecule is CCC1(CNC(=O)Nc2cccnc2C(=O)O)CC1. The number of pyridine rings is 1. The van der Waals surface area contributed by atoms with Gasteiger partial charge in [-0.05, 0) is 36.8 Å². The number of nitrogens with one attached hydrogen (secondary N) is 2. The molecule has 1 aliphatic carbocycles. The minimum atomic E-state index is -1.16. The van der Waals surface area contributed by atoms with Crippen LogP contribution < -0.4 is 10.6 Å². The van der Waals surface area contributed by atoms with Gasteiger partial charge in [-0.25, -0.2) is 14.6 Å². The first-order valence-corrected chi connectivity index (χ1v) is 6.29. The summed E-state index contributed by atoms with van der Waals surface area (Å²) >= 11 is 0. The maximum Gasteiger partial charge on any atom is 0.356 e. The fourth-order valence-corrected chi connectivity index (χ4v) is 1.94. The second-order valence-corrected chi connectivity index (χ2v) is 4.87. The molecule has 102 valence electrons. The highest BCUT2D eigenvalue weighted by Gasteiger charge is 2.40. The third-order valence-corrected chi connectivity index (χ3v) is 3.59. The van der Waals surface area contributed by atoms with Crippen LogP contribution in [-0.4, -0.2) is 28.6 Å². The second-order valence-electron chi connectivity index (χ2n) is 4.87. The summed E-state index contributed by atoms with van der Waals surface area (Å²) in [5, 5.41) is 14.3. The van der Waals surface area contributed by atoms with Crippen LogP contribution in [0.25, 0.3) is 0 Å². The number of urea groups is 1. The van der Waals surface area contributed by atoms with E-state index in [0.717, 1.165) is 19.3 Å². The number of aromatic carboxylic acids is 1. The van der Waals surface area contributed by atoms with Crippen molar-refractivity contribution in [3.05, 3.63) is 24.0 Å². The van der Waals surface area contributed by atoms with Gasteiger partial charge >= 0.3 is 12.0 Å². The van der Waals surface area contributed by atoms with Gasteiger partial charge in [0.25, 0.3) is 0 Å². The summed E-state index contributed by atoms with van der Waals surface area (Å²) in [7, 11) is 0. The molecule has 3 N–H and O–H groups in total. The molecule has 0 spiro atoms. The van der Waals surface area contributed by atoms with E-state index in [0.29, 0.717) is 6.54 Å². The number of carbonyl (C=O) groups excluding carboxylic acids is 1. The van der Waals surface area contributed by atoms with Crippen LogP contribution in [0.4, 0.5) is 10.5 Å². The van der Waals surface area contributed by atoms with Crippen molar-refractivity contribution < 1.29 is 14.7 Å². The van der Waals surface area contributed by atoms with Gasteiger partial charge in [0.15, 0.2) is 5.69 Å². The van der Waals surface area contributed by atoms with Crippen molar-refractivity contribution in [2.45, 2.75) is 26.2 Å². The van der Waals surface area contributed by atoms with Crippen molar-refractivity contribution >= 4 is 17.7 Å². The van der Waals surface area contributed by atoms with Gasteiger partial charge < -0.3 is 15.7 Å². The highest BCUT2D eigenvalue weighted by Crippen LogP contribution is 2.47. The van der Waals surface area contributed by atoms with E-state index in [1.807, 2.05) is 0 Å². The number of rotatable bonds is 5. The topological polar surface area (TPSA) is 91.3 Å². The predicted octanol–water partition coefficient (Wildman–Crippen LogP) is 2.09. The molecule has 0 bridgehead atoms. The van der Waals surface area contributed by atoms with Crippen LogP contribution in [0, 0.1) is 5.41 Å². The first-order valence-electron chi connectivity index (χ1n) is 6.29. The normalized spacial score (nSPS) is 15.6. The van der Waals surface area contributed by atoms with Crippen LogP contribution >= 0.6 is 0 Å². The molecular formula is C13H17N3O3. The summed E-state index contributed by atoms with van der Waals surface area (Å²) in [6.45, 7) is 2.73. The van der Waals surface area contributed by atoms with Gasteiger partial charge in [-0.15, -0.1) is 0 Å². The van der Waals surface area contributed by atoms with Gasteiger partial charge in [0.2, 0.25) is 0 Å². The van der Waals surface area contributed by atoms with E-state index in [9.17, 15) is 9.59 Å². The zero-order valence-electron chi connectivity index (χ0n) is 10.8. The Kier molecular flexibility index (Phi) is 3.69. The van der Waals surface area contributed by atoms with Gasteiger partial charge in [-0.1, -0.05) is 6.92 Å². The Balaban J connectivity index is 1.93. The molecule has 0 atom stereocenters. The minimum absolute atomic E-state index is 0.158. The monoisotopic (exact) mass is 263 g/mol. The fraction of sp³-hybridized carbons (Fsp3) is 0.462. The Bertz CT molecular complexity index is 498. The van der Waals surface area contributed by atoms with Crippen molar-refractivity contribution in [1.82, 2.24) is 10.3 Å². The number of anilines is 1. The fourth-order valence-electron chi connectivity index (χ4n) is 1.94. The van der Waals surface area contributed by atoms with Gasteiger partial charge in [0, 0.05) is 12.7 Å². The first kappa shape index (κ1) is 13.3. The Morgan fingerprint density at radius 3 is 2.79 bits per heavy atom. The lowest BCUT2D eigenvalue weighted by molar-refractivity contribution is 0.0691. The summed E-state index contributed by atoms with van der Waals surface area (Å²) in [5.41, 5.74) is 0.296. The maximum atomic E-state index is 11.7. The molecule has 1 saturated carbocycles. The van der Waals surface area contributed by atoms with E-state index in [4.69, 9.17) is 5.11 Å². The molecule has 1 fully saturated rings. The molecule has 2 amide bonds. The zero-order valence-corrected chi connectivity index (χ0v) is 10.8. The van der Waals surface area contributed by atoms with Gasteiger partial charge in [0.1, 0.15) is 0 Å². The summed E-state index contributed by atoms with van der Waals surface area (Å²) in [6.07, 6.45) is 4.69. The maximum absolute atomic E-state index is 11.7. The molecule has 6 nitrogen and oxygen atoms in total. The van der Waals surface area contributed by atoms with Crippen LogP contribution in [0.2, 0.25) is 0 Å². The van der Waals surface area contributed by atoms with E-state index in [1.165, 1.54) is 12.3 Å². The highest BCUT2D eigenvalue weighted by molar-refractivity contribution is 5.98. The minimum Gasteiger partial charge on any atom is -0.476 e. The molecule has 0 saturated heterocycles. The number of nitrogens with zero attached hydrogens (tertiary/aromatic N) is 1. The smallest absolute Gasteiger partial charge is 0.356 e. The Morgan fingerprint density at radius 1 is 1.47 bits per heavy atom. The van der Waals surface area contributed by atoms with Crippen LogP contribution in [0.15, 0.2) is 18.3 Å². The predicted molar refractivity (Wildman–Crippen MR) is 70.2 cm³/mol. The third-order valence-electron chi connectivity index (χ3n) is 3.59. The lowest BCUT2D eigenvalue weighted by Gasteiger charge is -2.14. The van der Waals surface area contributed by atoms with E-state index in [2.05, 4.69) is 22.5 Å². The number of carboxylic acids is 1. The lowest BCUT2D eigenvalue weighted by Crippen LogP contribution is -2.34. The molecule has 19 heavy (non-hydrogen) atoms. The van der Waals surface area contributed by atoms with E-state index in [1.54, 1.807) is 6.07 Å².